The normalized spacial score (nSPS) is 39.8. The molecule has 5 nitrogen and oxygen atoms in total. The van der Waals surface area contributed by atoms with Crippen LogP contribution in [0.5, 0.6) is 0 Å². The van der Waals surface area contributed by atoms with Crippen molar-refractivity contribution in [2.75, 3.05) is 0 Å². The molecule has 0 bridgehead atoms. The Labute approximate surface area is 157 Å². The lowest BCUT2D eigenvalue weighted by atomic mass is 9.88. The van der Waals surface area contributed by atoms with Crippen molar-refractivity contribution in [1.82, 2.24) is 14.5 Å². The van der Waals surface area contributed by atoms with E-state index in [1.165, 1.54) is 24.7 Å². The average Bonchev–Trinajstić information content (AvgIpc) is 3.47. The van der Waals surface area contributed by atoms with Gasteiger partial charge in [-0.3, -0.25) is 0 Å². The van der Waals surface area contributed by atoms with Gasteiger partial charge in [0.1, 0.15) is 23.2 Å². The van der Waals surface area contributed by atoms with E-state index >= 15 is 0 Å². The minimum Gasteiger partial charge on any atom is -0.344 e. The summed E-state index contributed by atoms with van der Waals surface area (Å²) in [5.74, 6) is 0.601. The van der Waals surface area contributed by atoms with Crippen LogP contribution in [-0.4, -0.2) is 32.5 Å². The number of hydrogen-bond donors (Lipinski definition) is 0. The van der Waals surface area contributed by atoms with Gasteiger partial charge in [-0.15, -0.1) is 0 Å². The molecule has 5 atom stereocenters. The average molecular weight is 372 g/mol. The number of fused-ring (bicyclic) bond motifs is 4. The Morgan fingerprint density at radius 1 is 1.31 bits per heavy atom. The van der Waals surface area contributed by atoms with Gasteiger partial charge < -0.3 is 14.0 Å². The molecule has 0 aromatic carbocycles. The van der Waals surface area contributed by atoms with Crippen LogP contribution in [0.25, 0.3) is 11.0 Å². The van der Waals surface area contributed by atoms with Gasteiger partial charge in [-0.05, 0) is 51.0 Å². The summed E-state index contributed by atoms with van der Waals surface area (Å²) in [5, 5.41) is 1.39. The highest BCUT2D eigenvalue weighted by Crippen LogP contribution is 2.76. The van der Waals surface area contributed by atoms with Crippen LogP contribution < -0.4 is 0 Å². The molecule has 1 saturated heterocycles. The van der Waals surface area contributed by atoms with Gasteiger partial charge in [0.15, 0.2) is 5.79 Å². The highest BCUT2D eigenvalue weighted by atomic mass is 35.5. The molecule has 4 aliphatic rings. The Balaban J connectivity index is 1.48. The Bertz CT molecular complexity index is 950. The summed E-state index contributed by atoms with van der Waals surface area (Å²) in [7, 11) is 0. The summed E-state index contributed by atoms with van der Waals surface area (Å²) in [4.78, 5) is 8.62. The minimum atomic E-state index is -0.562. The minimum absolute atomic E-state index is 0.0172. The van der Waals surface area contributed by atoms with E-state index in [0.717, 1.165) is 17.5 Å². The van der Waals surface area contributed by atoms with Gasteiger partial charge in [0.05, 0.1) is 17.5 Å². The lowest BCUT2D eigenvalue weighted by Gasteiger charge is -2.25. The molecule has 3 heterocycles. The van der Waals surface area contributed by atoms with Crippen LogP contribution in [0.1, 0.15) is 39.2 Å². The molecule has 0 amide bonds. The molecule has 3 aliphatic carbocycles. The molecule has 2 aromatic rings. The second-order valence-corrected chi connectivity index (χ2v) is 9.14. The smallest absolute Gasteiger partial charge is 0.163 e. The quantitative estimate of drug-likeness (QED) is 0.601. The van der Waals surface area contributed by atoms with Crippen molar-refractivity contribution < 1.29 is 9.47 Å². The number of rotatable bonds is 3. The molecule has 0 radical (unpaired) electrons. The monoisotopic (exact) mass is 371 g/mol. The maximum Gasteiger partial charge on any atom is 0.163 e. The van der Waals surface area contributed by atoms with E-state index in [-0.39, 0.29) is 23.7 Å². The van der Waals surface area contributed by atoms with Gasteiger partial charge in [-0.25, -0.2) is 9.97 Å². The second-order valence-electron chi connectivity index (χ2n) is 8.79. The van der Waals surface area contributed by atoms with E-state index < -0.39 is 5.79 Å². The number of nitrogens with zero attached hydrogens (tertiary/aromatic N) is 3. The third-order valence-electron chi connectivity index (χ3n) is 6.89. The number of halogens is 1. The Morgan fingerprint density at radius 2 is 2.12 bits per heavy atom. The lowest BCUT2D eigenvalue weighted by Crippen LogP contribution is -2.32. The summed E-state index contributed by atoms with van der Waals surface area (Å²) in [6.45, 7) is 8.55. The number of aromatic nitrogens is 3. The van der Waals surface area contributed by atoms with Gasteiger partial charge in [-0.2, -0.15) is 0 Å². The fourth-order valence-electron chi connectivity index (χ4n) is 5.62. The Kier molecular flexibility index (Phi) is 2.82. The summed E-state index contributed by atoms with van der Waals surface area (Å²) >= 11 is 6.27. The van der Waals surface area contributed by atoms with Gasteiger partial charge in [-0.1, -0.05) is 23.8 Å². The number of hydrogen-bond acceptors (Lipinski definition) is 4. The fraction of sp³-hybridized carbons (Fsp3) is 0.600. The maximum absolute atomic E-state index is 6.44. The van der Waals surface area contributed by atoms with Crippen LogP contribution in [0.2, 0.25) is 5.15 Å². The number of ether oxygens (including phenoxy) is 2. The molecular weight excluding hydrogens is 350 g/mol. The van der Waals surface area contributed by atoms with Crippen LogP contribution in [0, 0.1) is 17.3 Å². The van der Waals surface area contributed by atoms with E-state index in [1.807, 2.05) is 19.9 Å². The van der Waals surface area contributed by atoms with Crippen molar-refractivity contribution >= 4 is 22.6 Å². The van der Waals surface area contributed by atoms with E-state index in [2.05, 4.69) is 27.3 Å². The van der Waals surface area contributed by atoms with E-state index in [0.29, 0.717) is 17.0 Å². The fourth-order valence-corrected chi connectivity index (χ4v) is 5.81. The molecule has 3 saturated carbocycles. The third kappa shape index (κ3) is 1.84. The molecule has 0 spiro atoms. The topological polar surface area (TPSA) is 49.2 Å². The molecule has 6 rings (SSSR count). The molecule has 136 valence electrons. The molecule has 26 heavy (non-hydrogen) atoms. The molecule has 1 aliphatic heterocycles. The van der Waals surface area contributed by atoms with Gasteiger partial charge in [0.25, 0.3) is 0 Å². The third-order valence-corrected chi connectivity index (χ3v) is 7.20. The first-order chi connectivity index (χ1) is 12.4. The molecule has 0 unspecified atom stereocenters. The first kappa shape index (κ1) is 15.6. The molecule has 6 heteroatoms. The first-order valence-corrected chi connectivity index (χ1v) is 9.82. The van der Waals surface area contributed by atoms with E-state index in [4.69, 9.17) is 21.1 Å². The molecular formula is C20H22ClN3O2. The summed E-state index contributed by atoms with van der Waals surface area (Å²) < 4.78 is 15.1. The van der Waals surface area contributed by atoms with Crippen molar-refractivity contribution in [1.29, 1.82) is 0 Å². The van der Waals surface area contributed by atoms with Gasteiger partial charge in [0.2, 0.25) is 0 Å². The van der Waals surface area contributed by atoms with E-state index in [9.17, 15) is 0 Å². The molecule has 2 aromatic heterocycles. The predicted octanol–water partition coefficient (Wildman–Crippen LogP) is 4.13. The van der Waals surface area contributed by atoms with E-state index in [1.54, 1.807) is 0 Å². The molecule has 0 N–H and O–H groups in total. The van der Waals surface area contributed by atoms with Gasteiger partial charge in [0, 0.05) is 11.6 Å². The summed E-state index contributed by atoms with van der Waals surface area (Å²) in [6, 6.07) is 2.20. The van der Waals surface area contributed by atoms with Crippen molar-refractivity contribution in [2.45, 2.75) is 57.1 Å². The van der Waals surface area contributed by atoms with Crippen LogP contribution in [0.15, 0.2) is 30.7 Å². The zero-order chi connectivity index (χ0) is 17.8. The zero-order valence-electron chi connectivity index (χ0n) is 15.0. The van der Waals surface area contributed by atoms with Crippen LogP contribution in [0.4, 0.5) is 0 Å². The first-order valence-electron chi connectivity index (χ1n) is 9.44. The SMILES string of the molecule is C=C(C1CC1)[C@]12C[C@@H]1[C@@H](n1ccc3c(Cl)ncnc31)[C@@H]1OC(C)(C)O[C@@H]12. The van der Waals surface area contributed by atoms with Crippen LogP contribution in [0.3, 0.4) is 0 Å². The molecule has 4 fully saturated rings. The largest absolute Gasteiger partial charge is 0.344 e. The summed E-state index contributed by atoms with van der Waals surface area (Å²) in [6.07, 6.45) is 7.39. The zero-order valence-corrected chi connectivity index (χ0v) is 15.7. The Hall–Kier alpha value is -1.43. The predicted molar refractivity (Wildman–Crippen MR) is 97.8 cm³/mol. The van der Waals surface area contributed by atoms with Crippen molar-refractivity contribution in [2.24, 2.45) is 17.3 Å². The van der Waals surface area contributed by atoms with Crippen molar-refractivity contribution in [3.8, 4) is 0 Å². The standard InChI is InChI=1S/C20H22ClN3O2/c1-10(11-4-5-11)20-8-13(20)14(15-16(20)26-19(2,3)25-15)24-7-6-12-17(21)22-9-23-18(12)24/h6-7,9,11,13-16H,1,4-5,8H2,2-3H3/t13-,14-,15+,16+,20-/m1/s1. The summed E-state index contributed by atoms with van der Waals surface area (Å²) in [5.41, 5.74) is 2.34. The second kappa shape index (κ2) is 4.70. The van der Waals surface area contributed by atoms with Crippen LogP contribution in [-0.2, 0) is 9.47 Å². The van der Waals surface area contributed by atoms with Crippen molar-refractivity contribution in [3.05, 3.63) is 35.9 Å². The highest BCUT2D eigenvalue weighted by Gasteiger charge is 2.77. The lowest BCUT2D eigenvalue weighted by molar-refractivity contribution is -0.159. The van der Waals surface area contributed by atoms with Gasteiger partial charge >= 0.3 is 0 Å². The maximum atomic E-state index is 6.44. The van der Waals surface area contributed by atoms with Crippen molar-refractivity contribution in [3.63, 3.8) is 0 Å². The highest BCUT2D eigenvalue weighted by molar-refractivity contribution is 6.33. The Morgan fingerprint density at radius 3 is 2.88 bits per heavy atom. The van der Waals surface area contributed by atoms with Crippen LogP contribution >= 0.6 is 11.6 Å².